The zero-order valence-electron chi connectivity index (χ0n) is 17.4. The van der Waals surface area contributed by atoms with Crippen molar-refractivity contribution in [2.75, 3.05) is 36.0 Å². The Morgan fingerprint density at radius 2 is 1.87 bits per heavy atom. The molecule has 1 atom stereocenters. The van der Waals surface area contributed by atoms with Gasteiger partial charge < -0.3 is 21.7 Å². The number of aryl methyl sites for hydroxylation is 1. The highest BCUT2D eigenvalue weighted by atomic mass is 19.4. The number of hydrogen-bond donors (Lipinski definition) is 3. The molecule has 1 saturated heterocycles. The van der Waals surface area contributed by atoms with Crippen LogP contribution in [0.5, 0.6) is 0 Å². The van der Waals surface area contributed by atoms with Crippen LogP contribution >= 0.6 is 0 Å². The van der Waals surface area contributed by atoms with Crippen LogP contribution in [0.25, 0.3) is 22.3 Å². The van der Waals surface area contributed by atoms with Crippen LogP contribution in [-0.4, -0.2) is 35.6 Å². The number of benzene rings is 2. The summed E-state index contributed by atoms with van der Waals surface area (Å²) in [5.41, 5.74) is 12.8. The molecule has 31 heavy (non-hydrogen) atoms. The van der Waals surface area contributed by atoms with Crippen LogP contribution in [0.1, 0.15) is 24.5 Å². The lowest BCUT2D eigenvalue weighted by molar-refractivity contribution is -0.137. The molecule has 1 aliphatic rings. The number of para-hydroxylation sites is 1. The second-order valence-electron chi connectivity index (χ2n) is 7.86. The SMILES string of the molecule is CCNC1CCN(c2nc(-c3c(N)cc(C(F)(F)F)cc3N)nc3c(C)cccc23)C1. The zero-order chi connectivity index (χ0) is 22.3. The zero-order valence-corrected chi connectivity index (χ0v) is 17.4. The molecule has 9 heteroatoms. The van der Waals surface area contributed by atoms with Crippen molar-refractivity contribution in [2.45, 2.75) is 32.5 Å². The molecule has 2 heterocycles. The highest BCUT2D eigenvalue weighted by molar-refractivity contribution is 5.95. The average molecular weight is 430 g/mol. The molecule has 0 radical (unpaired) electrons. The number of aromatic nitrogens is 2. The van der Waals surface area contributed by atoms with E-state index in [0.717, 1.165) is 60.5 Å². The predicted octanol–water partition coefficient (Wildman–Crippen LogP) is 3.98. The van der Waals surface area contributed by atoms with Crippen molar-refractivity contribution in [3.05, 3.63) is 41.5 Å². The molecule has 1 fully saturated rings. The van der Waals surface area contributed by atoms with Gasteiger partial charge in [-0.05, 0) is 43.7 Å². The summed E-state index contributed by atoms with van der Waals surface area (Å²) in [5.74, 6) is 0.968. The minimum atomic E-state index is -4.54. The maximum atomic E-state index is 13.2. The molecule has 1 unspecified atom stereocenters. The number of alkyl halides is 3. The van der Waals surface area contributed by atoms with E-state index >= 15 is 0 Å². The average Bonchev–Trinajstić information content (AvgIpc) is 3.15. The van der Waals surface area contributed by atoms with E-state index in [0.29, 0.717) is 6.04 Å². The third-order valence-corrected chi connectivity index (χ3v) is 5.64. The summed E-state index contributed by atoms with van der Waals surface area (Å²) in [7, 11) is 0. The van der Waals surface area contributed by atoms with Crippen molar-refractivity contribution < 1.29 is 13.2 Å². The first-order valence-electron chi connectivity index (χ1n) is 10.2. The number of rotatable bonds is 4. The van der Waals surface area contributed by atoms with E-state index in [1.54, 1.807) is 0 Å². The summed E-state index contributed by atoms with van der Waals surface area (Å²) >= 11 is 0. The molecule has 0 spiro atoms. The number of fused-ring (bicyclic) bond motifs is 1. The van der Waals surface area contributed by atoms with Gasteiger partial charge in [0, 0.05) is 35.9 Å². The lowest BCUT2D eigenvalue weighted by Gasteiger charge is -2.22. The summed E-state index contributed by atoms with van der Waals surface area (Å²) in [5, 5.41) is 4.35. The van der Waals surface area contributed by atoms with E-state index in [9.17, 15) is 13.2 Å². The van der Waals surface area contributed by atoms with Gasteiger partial charge >= 0.3 is 6.18 Å². The number of nitrogens with one attached hydrogen (secondary N) is 1. The second-order valence-corrected chi connectivity index (χ2v) is 7.86. The topological polar surface area (TPSA) is 93.1 Å². The Kier molecular flexibility index (Phi) is 5.38. The number of nitrogens with zero attached hydrogens (tertiary/aromatic N) is 3. The molecule has 1 aromatic heterocycles. The van der Waals surface area contributed by atoms with Gasteiger partial charge in [-0.2, -0.15) is 13.2 Å². The Bertz CT molecular complexity index is 1110. The summed E-state index contributed by atoms with van der Waals surface area (Å²) < 4.78 is 39.5. The Morgan fingerprint density at radius 1 is 1.16 bits per heavy atom. The quantitative estimate of drug-likeness (QED) is 0.542. The fourth-order valence-electron chi connectivity index (χ4n) is 4.15. The summed E-state index contributed by atoms with van der Waals surface area (Å²) in [6, 6.07) is 7.96. The van der Waals surface area contributed by atoms with E-state index in [4.69, 9.17) is 16.5 Å². The van der Waals surface area contributed by atoms with Crippen molar-refractivity contribution >= 4 is 28.1 Å². The van der Waals surface area contributed by atoms with Crippen LogP contribution in [-0.2, 0) is 6.18 Å². The van der Waals surface area contributed by atoms with Gasteiger partial charge in [-0.25, -0.2) is 9.97 Å². The van der Waals surface area contributed by atoms with Gasteiger partial charge in [0.05, 0.1) is 16.6 Å². The maximum Gasteiger partial charge on any atom is 0.416 e. The molecular formula is C22H25F3N6. The monoisotopic (exact) mass is 430 g/mol. The normalized spacial score (nSPS) is 16.9. The lowest BCUT2D eigenvalue weighted by atomic mass is 10.0. The van der Waals surface area contributed by atoms with E-state index in [2.05, 4.69) is 22.1 Å². The minimum absolute atomic E-state index is 0.0989. The number of hydrogen-bond acceptors (Lipinski definition) is 6. The third kappa shape index (κ3) is 3.97. The van der Waals surface area contributed by atoms with Crippen molar-refractivity contribution in [1.82, 2.24) is 15.3 Å². The third-order valence-electron chi connectivity index (χ3n) is 5.64. The lowest BCUT2D eigenvalue weighted by Crippen LogP contribution is -2.32. The van der Waals surface area contributed by atoms with Crippen molar-refractivity contribution in [2.24, 2.45) is 0 Å². The Hall–Kier alpha value is -3.07. The van der Waals surface area contributed by atoms with Crippen LogP contribution in [0.2, 0.25) is 0 Å². The largest absolute Gasteiger partial charge is 0.416 e. The second kappa shape index (κ2) is 7.88. The molecule has 2 aromatic carbocycles. The van der Waals surface area contributed by atoms with Gasteiger partial charge in [0.2, 0.25) is 0 Å². The molecule has 164 valence electrons. The van der Waals surface area contributed by atoms with Crippen LogP contribution in [0.4, 0.5) is 30.4 Å². The summed E-state index contributed by atoms with van der Waals surface area (Å²) in [6.45, 7) is 6.49. The Morgan fingerprint density at radius 3 is 2.52 bits per heavy atom. The van der Waals surface area contributed by atoms with Gasteiger partial charge in [0.1, 0.15) is 5.82 Å². The minimum Gasteiger partial charge on any atom is -0.398 e. The first-order chi connectivity index (χ1) is 14.7. The Balaban J connectivity index is 1.88. The number of likely N-dealkylation sites (N-methyl/N-ethyl adjacent to an activating group) is 1. The van der Waals surface area contributed by atoms with Crippen molar-refractivity contribution in [3.63, 3.8) is 0 Å². The number of nitrogens with two attached hydrogens (primary N) is 2. The first kappa shape index (κ1) is 21.2. The van der Waals surface area contributed by atoms with Crippen LogP contribution in [0.15, 0.2) is 30.3 Å². The molecule has 0 bridgehead atoms. The molecule has 0 saturated carbocycles. The van der Waals surface area contributed by atoms with E-state index in [-0.39, 0.29) is 22.8 Å². The van der Waals surface area contributed by atoms with Gasteiger partial charge in [0.25, 0.3) is 0 Å². The molecule has 5 N–H and O–H groups in total. The number of anilines is 3. The van der Waals surface area contributed by atoms with Crippen LogP contribution in [0.3, 0.4) is 0 Å². The van der Waals surface area contributed by atoms with Gasteiger partial charge in [-0.15, -0.1) is 0 Å². The highest BCUT2D eigenvalue weighted by Crippen LogP contribution is 2.39. The van der Waals surface area contributed by atoms with E-state index < -0.39 is 11.7 Å². The Labute approximate surface area is 178 Å². The highest BCUT2D eigenvalue weighted by Gasteiger charge is 2.32. The fraction of sp³-hybridized carbons (Fsp3) is 0.364. The standard InChI is InChI=1S/C22H25F3N6/c1-3-28-14-7-8-31(11-14)21-15-6-4-5-12(2)19(15)29-20(30-21)18-16(26)9-13(10-17(18)27)22(23,24)25/h4-6,9-10,14,28H,3,7-8,11,26-27H2,1-2H3. The van der Waals surface area contributed by atoms with Gasteiger partial charge in [0.15, 0.2) is 5.82 Å². The predicted molar refractivity (Wildman–Crippen MR) is 118 cm³/mol. The molecular weight excluding hydrogens is 405 g/mol. The van der Waals surface area contributed by atoms with Crippen molar-refractivity contribution in [3.8, 4) is 11.4 Å². The summed E-state index contributed by atoms with van der Waals surface area (Å²) in [4.78, 5) is 11.6. The first-order valence-corrected chi connectivity index (χ1v) is 10.2. The molecule has 3 aromatic rings. The molecule has 0 aliphatic carbocycles. The smallest absolute Gasteiger partial charge is 0.398 e. The molecule has 1 aliphatic heterocycles. The maximum absolute atomic E-state index is 13.2. The van der Waals surface area contributed by atoms with Crippen LogP contribution in [0, 0.1) is 6.92 Å². The fourth-order valence-corrected chi connectivity index (χ4v) is 4.15. The van der Waals surface area contributed by atoms with Gasteiger partial charge in [-0.1, -0.05) is 19.1 Å². The van der Waals surface area contributed by atoms with E-state index in [1.807, 2.05) is 25.1 Å². The summed E-state index contributed by atoms with van der Waals surface area (Å²) in [6.07, 6.45) is -3.56. The number of halogens is 3. The van der Waals surface area contributed by atoms with E-state index in [1.165, 1.54) is 0 Å². The molecule has 6 nitrogen and oxygen atoms in total. The van der Waals surface area contributed by atoms with Gasteiger partial charge in [-0.3, -0.25) is 0 Å². The van der Waals surface area contributed by atoms with Crippen molar-refractivity contribution in [1.29, 1.82) is 0 Å². The molecule has 0 amide bonds. The number of nitrogen functional groups attached to an aromatic ring is 2. The van der Waals surface area contributed by atoms with Crippen LogP contribution < -0.4 is 21.7 Å². The molecule has 4 rings (SSSR count).